The number of carbonyl (C=O) groups is 2. The summed E-state index contributed by atoms with van der Waals surface area (Å²) in [6.07, 6.45) is -0.717. The summed E-state index contributed by atoms with van der Waals surface area (Å²) >= 11 is 0. The fraction of sp³-hybridized carbons (Fsp3) is 0.333. The zero-order valence-corrected chi connectivity index (χ0v) is 16.3. The summed E-state index contributed by atoms with van der Waals surface area (Å²) < 4.78 is 10.9. The molecule has 6 nitrogen and oxygen atoms in total. The molecule has 2 N–H and O–H groups in total. The molecule has 0 fully saturated rings. The van der Waals surface area contributed by atoms with Crippen LogP contribution >= 0.6 is 0 Å². The van der Waals surface area contributed by atoms with Gasteiger partial charge in [0.25, 0.3) is 11.8 Å². The maximum absolute atomic E-state index is 12.4. The van der Waals surface area contributed by atoms with Gasteiger partial charge in [-0.15, -0.1) is 0 Å². The van der Waals surface area contributed by atoms with Gasteiger partial charge in [0.1, 0.15) is 0 Å². The second-order valence-corrected chi connectivity index (χ2v) is 7.18. The second kappa shape index (κ2) is 8.58. The highest BCUT2D eigenvalue weighted by Crippen LogP contribution is 2.27. The SMILES string of the molecule is COc1ccccc1OC(C)C(=O)Nc1ccc(C(=O)NC(C)(C)C)cc1. The van der Waals surface area contributed by atoms with Crippen molar-refractivity contribution < 1.29 is 19.1 Å². The largest absolute Gasteiger partial charge is 0.493 e. The van der Waals surface area contributed by atoms with Gasteiger partial charge < -0.3 is 20.1 Å². The van der Waals surface area contributed by atoms with Crippen LogP contribution < -0.4 is 20.1 Å². The highest BCUT2D eigenvalue weighted by Gasteiger charge is 2.18. The molecular weight excluding hydrogens is 344 g/mol. The Morgan fingerprint density at radius 3 is 2.11 bits per heavy atom. The average molecular weight is 370 g/mol. The number of hydrogen-bond acceptors (Lipinski definition) is 4. The van der Waals surface area contributed by atoms with Crippen molar-refractivity contribution in [1.82, 2.24) is 5.32 Å². The van der Waals surface area contributed by atoms with Crippen LogP contribution in [-0.4, -0.2) is 30.6 Å². The number of methoxy groups -OCH3 is 1. The third kappa shape index (κ3) is 6.02. The van der Waals surface area contributed by atoms with E-state index in [1.54, 1.807) is 50.4 Å². The molecule has 0 saturated carbocycles. The van der Waals surface area contributed by atoms with Crippen molar-refractivity contribution in [2.75, 3.05) is 12.4 Å². The van der Waals surface area contributed by atoms with Crippen molar-refractivity contribution in [3.8, 4) is 11.5 Å². The van der Waals surface area contributed by atoms with E-state index in [0.29, 0.717) is 22.7 Å². The van der Waals surface area contributed by atoms with E-state index in [1.807, 2.05) is 32.9 Å². The molecule has 0 aliphatic heterocycles. The number of benzene rings is 2. The number of amides is 2. The van der Waals surface area contributed by atoms with Crippen LogP contribution in [-0.2, 0) is 4.79 Å². The summed E-state index contributed by atoms with van der Waals surface area (Å²) in [5.41, 5.74) is 0.805. The minimum Gasteiger partial charge on any atom is -0.493 e. The lowest BCUT2D eigenvalue weighted by atomic mass is 10.1. The molecule has 6 heteroatoms. The van der Waals surface area contributed by atoms with Crippen LogP contribution in [0, 0.1) is 0 Å². The predicted molar refractivity (Wildman–Crippen MR) is 105 cm³/mol. The lowest BCUT2D eigenvalue weighted by Gasteiger charge is -2.20. The Balaban J connectivity index is 1.98. The number of nitrogens with one attached hydrogen (secondary N) is 2. The summed E-state index contributed by atoms with van der Waals surface area (Å²) in [6.45, 7) is 7.42. The maximum atomic E-state index is 12.4. The molecule has 2 aromatic rings. The van der Waals surface area contributed by atoms with Crippen LogP contribution in [0.5, 0.6) is 11.5 Å². The standard InChI is InChI=1S/C21H26N2O4/c1-14(27-18-9-7-6-8-17(18)26-5)19(24)22-16-12-10-15(11-13-16)20(25)23-21(2,3)4/h6-14H,1-5H3,(H,22,24)(H,23,25). The summed E-state index contributed by atoms with van der Waals surface area (Å²) in [4.78, 5) is 24.5. The van der Waals surface area contributed by atoms with Gasteiger partial charge in [0, 0.05) is 16.8 Å². The first-order chi connectivity index (χ1) is 12.7. The Morgan fingerprint density at radius 2 is 1.56 bits per heavy atom. The summed E-state index contributed by atoms with van der Waals surface area (Å²) in [5, 5.41) is 5.67. The van der Waals surface area contributed by atoms with Gasteiger partial charge in [0.2, 0.25) is 0 Å². The maximum Gasteiger partial charge on any atom is 0.265 e. The molecule has 2 aromatic carbocycles. The molecule has 1 unspecified atom stereocenters. The van der Waals surface area contributed by atoms with E-state index in [2.05, 4.69) is 10.6 Å². The quantitative estimate of drug-likeness (QED) is 0.814. The van der Waals surface area contributed by atoms with E-state index < -0.39 is 6.10 Å². The van der Waals surface area contributed by atoms with Gasteiger partial charge >= 0.3 is 0 Å². The Morgan fingerprint density at radius 1 is 0.963 bits per heavy atom. The van der Waals surface area contributed by atoms with Crippen LogP contribution in [0.3, 0.4) is 0 Å². The minimum absolute atomic E-state index is 0.159. The number of para-hydroxylation sites is 2. The minimum atomic E-state index is -0.717. The van der Waals surface area contributed by atoms with Crippen molar-refractivity contribution in [3.05, 3.63) is 54.1 Å². The average Bonchev–Trinajstić information content (AvgIpc) is 2.61. The molecule has 1 atom stereocenters. The van der Waals surface area contributed by atoms with Crippen molar-refractivity contribution in [2.45, 2.75) is 39.3 Å². The molecule has 0 heterocycles. The van der Waals surface area contributed by atoms with Crippen LogP contribution in [0.4, 0.5) is 5.69 Å². The number of hydrogen-bond donors (Lipinski definition) is 2. The Bertz CT molecular complexity index is 795. The predicted octanol–water partition coefficient (Wildman–Crippen LogP) is 3.63. The lowest BCUT2D eigenvalue weighted by molar-refractivity contribution is -0.122. The van der Waals surface area contributed by atoms with E-state index >= 15 is 0 Å². The van der Waals surface area contributed by atoms with Crippen LogP contribution in [0.2, 0.25) is 0 Å². The first-order valence-corrected chi connectivity index (χ1v) is 8.73. The van der Waals surface area contributed by atoms with Gasteiger partial charge in [0.05, 0.1) is 7.11 Å². The third-order valence-corrected chi connectivity index (χ3v) is 3.65. The fourth-order valence-electron chi connectivity index (χ4n) is 2.32. The first kappa shape index (κ1) is 20.3. The van der Waals surface area contributed by atoms with Crippen molar-refractivity contribution in [3.63, 3.8) is 0 Å². The normalized spacial score (nSPS) is 12.0. The summed E-state index contributed by atoms with van der Waals surface area (Å²) in [6, 6.07) is 13.9. The first-order valence-electron chi connectivity index (χ1n) is 8.73. The molecule has 27 heavy (non-hydrogen) atoms. The fourth-order valence-corrected chi connectivity index (χ4v) is 2.32. The molecule has 0 bridgehead atoms. The molecule has 0 spiro atoms. The molecule has 0 saturated heterocycles. The lowest BCUT2D eigenvalue weighted by Crippen LogP contribution is -2.40. The third-order valence-electron chi connectivity index (χ3n) is 3.65. The number of anilines is 1. The Kier molecular flexibility index (Phi) is 6.45. The van der Waals surface area contributed by atoms with Gasteiger partial charge in [0.15, 0.2) is 17.6 Å². The van der Waals surface area contributed by atoms with E-state index in [0.717, 1.165) is 0 Å². The second-order valence-electron chi connectivity index (χ2n) is 7.18. The van der Waals surface area contributed by atoms with Crippen molar-refractivity contribution in [2.24, 2.45) is 0 Å². The van der Waals surface area contributed by atoms with Crippen molar-refractivity contribution >= 4 is 17.5 Å². The zero-order chi connectivity index (χ0) is 20.0. The van der Waals surface area contributed by atoms with E-state index in [9.17, 15) is 9.59 Å². The highest BCUT2D eigenvalue weighted by atomic mass is 16.5. The monoisotopic (exact) mass is 370 g/mol. The van der Waals surface area contributed by atoms with Crippen LogP contribution in [0.15, 0.2) is 48.5 Å². The zero-order valence-electron chi connectivity index (χ0n) is 16.3. The molecule has 0 aliphatic rings. The van der Waals surface area contributed by atoms with Crippen molar-refractivity contribution in [1.29, 1.82) is 0 Å². The number of ether oxygens (including phenoxy) is 2. The molecular formula is C21H26N2O4. The van der Waals surface area contributed by atoms with Gasteiger partial charge in [-0.25, -0.2) is 0 Å². The van der Waals surface area contributed by atoms with Crippen LogP contribution in [0.1, 0.15) is 38.1 Å². The van der Waals surface area contributed by atoms with E-state index in [-0.39, 0.29) is 17.4 Å². The molecule has 2 amide bonds. The molecule has 0 aliphatic carbocycles. The van der Waals surface area contributed by atoms with Gasteiger partial charge in [-0.05, 0) is 64.1 Å². The Hall–Kier alpha value is -3.02. The highest BCUT2D eigenvalue weighted by molar-refractivity contribution is 5.97. The van der Waals surface area contributed by atoms with E-state index in [4.69, 9.17) is 9.47 Å². The molecule has 0 radical (unpaired) electrons. The molecule has 144 valence electrons. The van der Waals surface area contributed by atoms with Crippen LogP contribution in [0.25, 0.3) is 0 Å². The molecule has 2 rings (SSSR count). The summed E-state index contributed by atoms with van der Waals surface area (Å²) in [7, 11) is 1.55. The van der Waals surface area contributed by atoms with E-state index in [1.165, 1.54) is 0 Å². The molecule has 0 aromatic heterocycles. The van der Waals surface area contributed by atoms with Gasteiger partial charge in [-0.2, -0.15) is 0 Å². The van der Waals surface area contributed by atoms with Gasteiger partial charge in [-0.3, -0.25) is 9.59 Å². The smallest absolute Gasteiger partial charge is 0.265 e. The Labute approximate surface area is 159 Å². The number of rotatable bonds is 6. The topological polar surface area (TPSA) is 76.7 Å². The van der Waals surface area contributed by atoms with Gasteiger partial charge in [-0.1, -0.05) is 12.1 Å². The number of carbonyl (C=O) groups excluding carboxylic acids is 2. The summed E-state index contributed by atoms with van der Waals surface area (Å²) in [5.74, 6) is 0.601.